The molecule has 1 aromatic carbocycles. The molecule has 1 amide bonds. The molecule has 0 aliphatic heterocycles. The van der Waals surface area contributed by atoms with Gasteiger partial charge in [-0.3, -0.25) is 4.79 Å². The Morgan fingerprint density at radius 2 is 2.13 bits per heavy atom. The highest BCUT2D eigenvalue weighted by atomic mass is 35.5. The van der Waals surface area contributed by atoms with E-state index < -0.39 is 10.7 Å². The number of carbonyl (C=O) groups excluding carboxylic acids is 1. The second-order valence-electron chi connectivity index (χ2n) is 2.60. The van der Waals surface area contributed by atoms with Gasteiger partial charge in [0.05, 0.1) is 10.6 Å². The number of nitriles is 1. The number of anilines is 1. The van der Waals surface area contributed by atoms with Crippen LogP contribution in [0.25, 0.3) is 0 Å². The topological polar surface area (TPSA) is 52.9 Å². The van der Waals surface area contributed by atoms with E-state index in [4.69, 9.17) is 40.1 Å². The summed E-state index contributed by atoms with van der Waals surface area (Å²) >= 11 is 16.4. The van der Waals surface area contributed by atoms with Crippen LogP contribution in [0.2, 0.25) is 5.02 Å². The molecule has 78 valence electrons. The van der Waals surface area contributed by atoms with Gasteiger partial charge in [-0.15, -0.1) is 0 Å². The van der Waals surface area contributed by atoms with Crippen molar-refractivity contribution in [3.8, 4) is 6.07 Å². The van der Waals surface area contributed by atoms with E-state index in [1.165, 1.54) is 12.1 Å². The molecule has 3 nitrogen and oxygen atoms in total. The van der Waals surface area contributed by atoms with Crippen molar-refractivity contribution in [1.82, 2.24) is 0 Å². The second kappa shape index (κ2) is 5.22. The van der Waals surface area contributed by atoms with Crippen LogP contribution in [-0.2, 0) is 4.79 Å². The van der Waals surface area contributed by atoms with Gasteiger partial charge in [-0.2, -0.15) is 5.26 Å². The maximum absolute atomic E-state index is 11.1. The molecule has 15 heavy (non-hydrogen) atoms. The van der Waals surface area contributed by atoms with Crippen LogP contribution in [0, 0.1) is 11.3 Å². The second-order valence-corrected chi connectivity index (χ2v) is 4.10. The van der Waals surface area contributed by atoms with Gasteiger partial charge in [0.25, 0.3) is 5.91 Å². The number of nitrogens with zero attached hydrogens (tertiary/aromatic N) is 1. The predicted molar refractivity (Wildman–Crippen MR) is 60.3 cm³/mol. The normalized spacial score (nSPS) is 9.80. The van der Waals surface area contributed by atoms with Crippen LogP contribution in [0.5, 0.6) is 0 Å². The van der Waals surface area contributed by atoms with Crippen LogP contribution in [0.1, 0.15) is 5.56 Å². The number of halogens is 3. The lowest BCUT2D eigenvalue weighted by Gasteiger charge is -2.05. The lowest BCUT2D eigenvalue weighted by atomic mass is 10.2. The van der Waals surface area contributed by atoms with Gasteiger partial charge < -0.3 is 5.32 Å². The van der Waals surface area contributed by atoms with Gasteiger partial charge in [0.2, 0.25) is 0 Å². The molecule has 0 atom stereocenters. The fourth-order valence-corrected chi connectivity index (χ4v) is 1.21. The molecule has 0 aromatic heterocycles. The molecule has 0 fully saturated rings. The highest BCUT2D eigenvalue weighted by Crippen LogP contribution is 2.20. The number of hydrogen-bond acceptors (Lipinski definition) is 2. The van der Waals surface area contributed by atoms with E-state index in [2.05, 4.69) is 5.32 Å². The van der Waals surface area contributed by atoms with Gasteiger partial charge >= 0.3 is 0 Å². The van der Waals surface area contributed by atoms with Crippen molar-refractivity contribution in [2.24, 2.45) is 0 Å². The molecule has 1 rings (SSSR count). The molecule has 0 bridgehead atoms. The van der Waals surface area contributed by atoms with Gasteiger partial charge in [-0.05, 0) is 18.2 Å². The summed E-state index contributed by atoms with van der Waals surface area (Å²) in [4.78, 5) is 9.96. The summed E-state index contributed by atoms with van der Waals surface area (Å²) in [6.45, 7) is 0. The molecule has 0 unspecified atom stereocenters. The van der Waals surface area contributed by atoms with Gasteiger partial charge in [0.1, 0.15) is 6.07 Å². The zero-order chi connectivity index (χ0) is 11.4. The van der Waals surface area contributed by atoms with Crippen molar-refractivity contribution in [3.05, 3.63) is 28.8 Å². The van der Waals surface area contributed by atoms with Gasteiger partial charge in [-0.1, -0.05) is 34.8 Å². The fraction of sp³-hybridized carbons (Fsp3) is 0.111. The molecule has 1 aromatic rings. The first-order chi connectivity index (χ1) is 7.04. The zero-order valence-electron chi connectivity index (χ0n) is 7.30. The molecule has 0 spiro atoms. The third-order valence-corrected chi connectivity index (χ3v) is 2.26. The minimum Gasteiger partial charge on any atom is -0.324 e. The van der Waals surface area contributed by atoms with E-state index in [1.54, 1.807) is 6.07 Å². The molecule has 6 heteroatoms. The Morgan fingerprint density at radius 3 is 2.60 bits per heavy atom. The first-order valence-corrected chi connectivity index (χ1v) is 5.08. The molecular weight excluding hydrogens is 258 g/mol. The van der Waals surface area contributed by atoms with E-state index in [-0.39, 0.29) is 5.02 Å². The average molecular weight is 264 g/mol. The molecule has 0 aliphatic carbocycles. The molecule has 0 aliphatic rings. The third kappa shape index (κ3) is 3.28. The minimum absolute atomic E-state index is 0.260. The maximum Gasteiger partial charge on any atom is 0.257 e. The summed E-state index contributed by atoms with van der Waals surface area (Å²) in [6, 6.07) is 6.39. The molecule has 0 radical (unpaired) electrons. The van der Waals surface area contributed by atoms with E-state index in [0.717, 1.165) is 0 Å². The molecule has 0 saturated carbocycles. The monoisotopic (exact) mass is 262 g/mol. The Bertz CT molecular complexity index is 426. The maximum atomic E-state index is 11.1. The highest BCUT2D eigenvalue weighted by Gasteiger charge is 2.11. The number of amides is 1. The van der Waals surface area contributed by atoms with Gasteiger partial charge in [0, 0.05) is 5.69 Å². The Kier molecular flexibility index (Phi) is 4.22. The Morgan fingerprint density at radius 1 is 1.47 bits per heavy atom. The standard InChI is InChI=1S/C9H5Cl3N2O/c10-7-3-6(2-1-5(7)4-13)14-9(15)8(11)12/h1-3,8H,(H,14,15). The van der Waals surface area contributed by atoms with E-state index in [0.29, 0.717) is 11.3 Å². The van der Waals surface area contributed by atoms with Crippen molar-refractivity contribution in [2.75, 3.05) is 5.32 Å². The number of carbonyl (C=O) groups is 1. The number of alkyl halides is 2. The summed E-state index contributed by atoms with van der Waals surface area (Å²) in [5.41, 5.74) is 0.776. The van der Waals surface area contributed by atoms with Crippen molar-refractivity contribution < 1.29 is 4.79 Å². The van der Waals surface area contributed by atoms with E-state index in [9.17, 15) is 4.79 Å². The van der Waals surface area contributed by atoms with Crippen molar-refractivity contribution in [2.45, 2.75) is 4.84 Å². The molecule has 0 heterocycles. The quantitative estimate of drug-likeness (QED) is 0.834. The van der Waals surface area contributed by atoms with Crippen molar-refractivity contribution in [1.29, 1.82) is 5.26 Å². The molecular formula is C9H5Cl3N2O. The third-order valence-electron chi connectivity index (χ3n) is 1.56. The van der Waals surface area contributed by atoms with Crippen LogP contribution < -0.4 is 5.32 Å². The Balaban J connectivity index is 2.86. The van der Waals surface area contributed by atoms with Crippen LogP contribution in [0.3, 0.4) is 0 Å². The average Bonchev–Trinajstić information content (AvgIpc) is 2.18. The van der Waals surface area contributed by atoms with Gasteiger partial charge in [0.15, 0.2) is 4.84 Å². The Hall–Kier alpha value is -0.950. The molecule has 0 saturated heterocycles. The lowest BCUT2D eigenvalue weighted by molar-refractivity contribution is -0.114. The van der Waals surface area contributed by atoms with Crippen LogP contribution >= 0.6 is 34.8 Å². The summed E-state index contributed by atoms with van der Waals surface area (Å²) in [5.74, 6) is -0.542. The first-order valence-electron chi connectivity index (χ1n) is 3.83. The predicted octanol–water partition coefficient (Wildman–Crippen LogP) is 2.95. The molecule has 1 N–H and O–H groups in total. The lowest BCUT2D eigenvalue weighted by Crippen LogP contribution is -2.18. The van der Waals surface area contributed by atoms with Crippen molar-refractivity contribution in [3.63, 3.8) is 0 Å². The summed E-state index contributed by atoms with van der Waals surface area (Å²) < 4.78 is 0. The fourth-order valence-electron chi connectivity index (χ4n) is 0.880. The van der Waals surface area contributed by atoms with Crippen LogP contribution in [-0.4, -0.2) is 10.7 Å². The summed E-state index contributed by atoms with van der Waals surface area (Å²) in [7, 11) is 0. The number of hydrogen-bond donors (Lipinski definition) is 1. The Labute approximate surface area is 102 Å². The number of rotatable bonds is 2. The summed E-state index contributed by atoms with van der Waals surface area (Å²) in [5, 5.41) is 11.3. The van der Waals surface area contributed by atoms with Crippen molar-refractivity contribution >= 4 is 46.4 Å². The van der Waals surface area contributed by atoms with Crippen LogP contribution in [0.4, 0.5) is 5.69 Å². The minimum atomic E-state index is -1.14. The van der Waals surface area contributed by atoms with Gasteiger partial charge in [-0.25, -0.2) is 0 Å². The first kappa shape index (κ1) is 12.1. The highest BCUT2D eigenvalue weighted by molar-refractivity contribution is 6.54. The largest absolute Gasteiger partial charge is 0.324 e. The van der Waals surface area contributed by atoms with E-state index in [1.807, 2.05) is 6.07 Å². The summed E-state index contributed by atoms with van der Waals surface area (Å²) in [6.07, 6.45) is 0. The number of nitrogens with one attached hydrogen (secondary N) is 1. The SMILES string of the molecule is N#Cc1ccc(NC(=O)C(Cl)Cl)cc1Cl. The zero-order valence-corrected chi connectivity index (χ0v) is 9.57. The van der Waals surface area contributed by atoms with E-state index >= 15 is 0 Å². The van der Waals surface area contributed by atoms with Crippen LogP contribution in [0.15, 0.2) is 18.2 Å². The number of benzene rings is 1. The smallest absolute Gasteiger partial charge is 0.257 e.